The van der Waals surface area contributed by atoms with Gasteiger partial charge in [-0.05, 0) is 51.0 Å². The molecule has 0 aliphatic carbocycles. The smallest absolute Gasteiger partial charge is 0.330 e. The van der Waals surface area contributed by atoms with Gasteiger partial charge >= 0.3 is 5.97 Å². The molecule has 0 saturated carbocycles. The third kappa shape index (κ3) is 4.32. The van der Waals surface area contributed by atoms with Crippen molar-refractivity contribution in [1.82, 2.24) is 9.78 Å². The maximum atomic E-state index is 11.7. The van der Waals surface area contributed by atoms with Crippen molar-refractivity contribution in [2.75, 3.05) is 6.61 Å². The zero-order valence-corrected chi connectivity index (χ0v) is 13.6. The molecule has 0 unspecified atom stereocenters. The van der Waals surface area contributed by atoms with E-state index in [0.717, 1.165) is 22.5 Å². The molecule has 0 amide bonds. The van der Waals surface area contributed by atoms with Crippen LogP contribution in [0, 0.1) is 27.7 Å². The van der Waals surface area contributed by atoms with Crippen molar-refractivity contribution in [1.29, 1.82) is 0 Å². The zero-order valence-electron chi connectivity index (χ0n) is 13.6. The second kappa shape index (κ2) is 7.07. The fourth-order valence-corrected chi connectivity index (χ4v) is 2.35. The summed E-state index contributed by atoms with van der Waals surface area (Å²) in [5.74, 6) is -0.332. The van der Waals surface area contributed by atoms with Gasteiger partial charge < -0.3 is 4.74 Å². The number of hydrogen-bond acceptors (Lipinski definition) is 3. The lowest BCUT2D eigenvalue weighted by Crippen LogP contribution is -2.11. The topological polar surface area (TPSA) is 44.1 Å². The molecule has 116 valence electrons. The number of hydrogen-bond donors (Lipinski definition) is 0. The van der Waals surface area contributed by atoms with E-state index in [9.17, 15) is 4.79 Å². The molecule has 0 atom stereocenters. The minimum atomic E-state index is -0.332. The molecule has 4 heteroatoms. The molecule has 1 heterocycles. The van der Waals surface area contributed by atoms with Crippen molar-refractivity contribution in [3.63, 3.8) is 0 Å². The lowest BCUT2D eigenvalue weighted by molar-refractivity contribution is -0.138. The van der Waals surface area contributed by atoms with E-state index in [1.54, 1.807) is 6.08 Å². The number of ether oxygens (including phenoxy) is 1. The molecule has 1 aromatic carbocycles. The first-order valence-corrected chi connectivity index (χ1v) is 7.39. The number of nitrogens with zero attached hydrogens (tertiary/aromatic N) is 2. The van der Waals surface area contributed by atoms with E-state index in [4.69, 9.17) is 4.74 Å². The summed E-state index contributed by atoms with van der Waals surface area (Å²) in [6.45, 7) is 8.90. The zero-order chi connectivity index (χ0) is 16.1. The van der Waals surface area contributed by atoms with Crippen LogP contribution in [0.4, 0.5) is 0 Å². The van der Waals surface area contributed by atoms with Crippen molar-refractivity contribution in [2.45, 2.75) is 34.2 Å². The van der Waals surface area contributed by atoms with Gasteiger partial charge in [0, 0.05) is 11.8 Å². The van der Waals surface area contributed by atoms with Crippen LogP contribution in [0.5, 0.6) is 0 Å². The first kappa shape index (κ1) is 16.0. The van der Waals surface area contributed by atoms with Crippen LogP contribution in [-0.4, -0.2) is 22.4 Å². The van der Waals surface area contributed by atoms with Crippen LogP contribution < -0.4 is 0 Å². The van der Waals surface area contributed by atoms with Gasteiger partial charge in [0.15, 0.2) is 0 Å². The third-order valence-electron chi connectivity index (χ3n) is 3.48. The van der Waals surface area contributed by atoms with E-state index >= 15 is 0 Å². The number of benzene rings is 1. The minimum absolute atomic E-state index is 0.317. The molecule has 22 heavy (non-hydrogen) atoms. The average Bonchev–Trinajstić information content (AvgIpc) is 2.76. The molecule has 1 aromatic heterocycles. The number of carbonyl (C=O) groups is 1. The highest BCUT2D eigenvalue weighted by Gasteiger charge is 2.03. The SMILES string of the molecule is Cc1ccc(/C=C/C(=O)OCCn2nc(C)cc2C)c(C)c1. The van der Waals surface area contributed by atoms with Crippen molar-refractivity contribution >= 4 is 12.0 Å². The van der Waals surface area contributed by atoms with E-state index in [1.165, 1.54) is 11.6 Å². The minimum Gasteiger partial charge on any atom is -0.461 e. The van der Waals surface area contributed by atoms with E-state index < -0.39 is 0 Å². The normalized spacial score (nSPS) is 11.1. The Morgan fingerprint density at radius 1 is 1.23 bits per heavy atom. The van der Waals surface area contributed by atoms with Gasteiger partial charge in [0.2, 0.25) is 0 Å². The number of rotatable bonds is 5. The van der Waals surface area contributed by atoms with Crippen LogP contribution in [-0.2, 0) is 16.1 Å². The van der Waals surface area contributed by atoms with E-state index in [1.807, 2.05) is 50.6 Å². The van der Waals surface area contributed by atoms with Gasteiger partial charge in [-0.3, -0.25) is 4.68 Å². The Kier molecular flexibility index (Phi) is 5.15. The molecule has 0 aliphatic rings. The fraction of sp³-hybridized carbons (Fsp3) is 0.333. The Bertz CT molecular complexity index is 699. The Labute approximate surface area is 131 Å². The van der Waals surface area contributed by atoms with Crippen LogP contribution in [0.1, 0.15) is 28.1 Å². The quantitative estimate of drug-likeness (QED) is 0.628. The second-order valence-electron chi connectivity index (χ2n) is 5.51. The van der Waals surface area contributed by atoms with Gasteiger partial charge in [0.1, 0.15) is 6.61 Å². The Hall–Kier alpha value is -2.36. The summed E-state index contributed by atoms with van der Waals surface area (Å²) in [5.41, 5.74) is 5.42. The summed E-state index contributed by atoms with van der Waals surface area (Å²) < 4.78 is 7.05. The number of carbonyl (C=O) groups excluding carboxylic acids is 1. The summed E-state index contributed by atoms with van der Waals surface area (Å²) in [6, 6.07) is 8.13. The molecule has 0 radical (unpaired) electrons. The summed E-state index contributed by atoms with van der Waals surface area (Å²) in [5, 5.41) is 4.33. The Morgan fingerprint density at radius 2 is 2.00 bits per heavy atom. The molecule has 2 rings (SSSR count). The number of aromatic nitrogens is 2. The van der Waals surface area contributed by atoms with Gasteiger partial charge in [-0.25, -0.2) is 4.79 Å². The van der Waals surface area contributed by atoms with Crippen LogP contribution in [0.25, 0.3) is 6.08 Å². The van der Waals surface area contributed by atoms with Crippen LogP contribution in [0.2, 0.25) is 0 Å². The Balaban J connectivity index is 1.85. The molecule has 4 nitrogen and oxygen atoms in total. The molecular formula is C18H22N2O2. The van der Waals surface area contributed by atoms with Crippen molar-refractivity contribution in [3.05, 3.63) is 58.4 Å². The lowest BCUT2D eigenvalue weighted by Gasteiger charge is -2.05. The molecule has 0 N–H and O–H groups in total. The van der Waals surface area contributed by atoms with E-state index in [-0.39, 0.29) is 5.97 Å². The average molecular weight is 298 g/mol. The van der Waals surface area contributed by atoms with E-state index in [0.29, 0.717) is 13.2 Å². The molecule has 0 fully saturated rings. The summed E-state index contributed by atoms with van der Waals surface area (Å²) in [7, 11) is 0. The Morgan fingerprint density at radius 3 is 2.64 bits per heavy atom. The van der Waals surface area contributed by atoms with Crippen molar-refractivity contribution in [3.8, 4) is 0 Å². The molecular weight excluding hydrogens is 276 g/mol. The van der Waals surface area contributed by atoms with Gasteiger partial charge in [0.05, 0.1) is 12.2 Å². The number of esters is 1. The van der Waals surface area contributed by atoms with Crippen molar-refractivity contribution < 1.29 is 9.53 Å². The highest BCUT2D eigenvalue weighted by molar-refractivity contribution is 5.87. The molecule has 0 spiro atoms. The first-order valence-electron chi connectivity index (χ1n) is 7.39. The molecule has 0 bridgehead atoms. The van der Waals surface area contributed by atoms with Crippen molar-refractivity contribution in [2.24, 2.45) is 0 Å². The van der Waals surface area contributed by atoms with Crippen LogP contribution in [0.15, 0.2) is 30.3 Å². The van der Waals surface area contributed by atoms with Crippen LogP contribution >= 0.6 is 0 Å². The maximum Gasteiger partial charge on any atom is 0.330 e. The highest BCUT2D eigenvalue weighted by atomic mass is 16.5. The van der Waals surface area contributed by atoms with Gasteiger partial charge in [-0.15, -0.1) is 0 Å². The fourth-order valence-electron chi connectivity index (χ4n) is 2.35. The summed E-state index contributed by atoms with van der Waals surface area (Å²) in [6.07, 6.45) is 3.26. The van der Waals surface area contributed by atoms with Crippen LogP contribution in [0.3, 0.4) is 0 Å². The summed E-state index contributed by atoms with van der Waals surface area (Å²) >= 11 is 0. The van der Waals surface area contributed by atoms with Gasteiger partial charge in [-0.1, -0.05) is 23.8 Å². The van der Waals surface area contributed by atoms with Gasteiger partial charge in [0.25, 0.3) is 0 Å². The monoisotopic (exact) mass is 298 g/mol. The largest absolute Gasteiger partial charge is 0.461 e. The highest BCUT2D eigenvalue weighted by Crippen LogP contribution is 2.12. The van der Waals surface area contributed by atoms with Gasteiger partial charge in [-0.2, -0.15) is 5.10 Å². The predicted molar refractivity (Wildman–Crippen MR) is 87.6 cm³/mol. The standard InChI is InChI=1S/C18H22N2O2/c1-13-5-6-17(14(2)11-13)7-8-18(21)22-10-9-20-16(4)12-15(3)19-20/h5-8,11-12H,9-10H2,1-4H3/b8-7+. The number of aryl methyl sites for hydroxylation is 4. The molecule has 2 aromatic rings. The lowest BCUT2D eigenvalue weighted by atomic mass is 10.1. The first-order chi connectivity index (χ1) is 10.5. The maximum absolute atomic E-state index is 11.7. The summed E-state index contributed by atoms with van der Waals surface area (Å²) in [4.78, 5) is 11.7. The van der Waals surface area contributed by atoms with E-state index in [2.05, 4.69) is 11.2 Å². The third-order valence-corrected chi connectivity index (χ3v) is 3.48. The molecule has 0 aliphatic heterocycles. The predicted octanol–water partition coefficient (Wildman–Crippen LogP) is 3.37. The molecule has 0 saturated heterocycles. The second-order valence-corrected chi connectivity index (χ2v) is 5.51.